The molecule has 3 aromatic heterocycles. The number of aromatic nitrogens is 2. The van der Waals surface area contributed by atoms with Gasteiger partial charge in [0.05, 0.1) is 5.58 Å². The number of fused-ring (bicyclic) bond motifs is 3. The fourth-order valence-electron chi connectivity index (χ4n) is 3.58. The van der Waals surface area contributed by atoms with Gasteiger partial charge in [0.25, 0.3) is 0 Å². The van der Waals surface area contributed by atoms with E-state index in [1.54, 1.807) is 48.8 Å². The summed E-state index contributed by atoms with van der Waals surface area (Å²) in [4.78, 5) is 8.50. The molecule has 0 bridgehead atoms. The summed E-state index contributed by atoms with van der Waals surface area (Å²) >= 11 is 0. The van der Waals surface area contributed by atoms with E-state index in [4.69, 9.17) is 12.6 Å². The molecule has 1 radical (unpaired) electrons. The average molecular weight is 625 g/mol. The summed E-state index contributed by atoms with van der Waals surface area (Å²) in [6, 6.07) is 30.9. The number of benzene rings is 3. The second-order valence-corrected chi connectivity index (χ2v) is 7.33. The molecule has 0 unspecified atom stereocenters. The van der Waals surface area contributed by atoms with Gasteiger partial charge in [-0.1, -0.05) is 54.2 Å². The van der Waals surface area contributed by atoms with Gasteiger partial charge in [-0.15, -0.1) is 53.6 Å². The Kier molecular flexibility index (Phi) is 5.26. The van der Waals surface area contributed by atoms with Gasteiger partial charge < -0.3 is 14.4 Å². The minimum absolute atomic E-state index is 0. The molecule has 0 spiro atoms. The molecular weight excluding hydrogens is 597 g/mol. The molecule has 0 aliphatic heterocycles. The molecule has 0 fully saturated rings. The largest absolute Gasteiger partial charge is 0.501 e. The van der Waals surface area contributed by atoms with Gasteiger partial charge in [-0.25, -0.2) is 0 Å². The van der Waals surface area contributed by atoms with E-state index < -0.39 is 13.7 Å². The molecule has 34 heavy (non-hydrogen) atoms. The van der Waals surface area contributed by atoms with E-state index in [2.05, 4.69) is 22.1 Å². The van der Waals surface area contributed by atoms with Crippen LogP contribution in [0.15, 0.2) is 102 Å². The summed E-state index contributed by atoms with van der Waals surface area (Å²) in [6.07, 6.45) is 3.39. The van der Waals surface area contributed by atoms with Gasteiger partial charge in [0.2, 0.25) is 0 Å². The van der Waals surface area contributed by atoms with E-state index >= 15 is 0 Å². The van der Waals surface area contributed by atoms with Crippen LogP contribution in [0.3, 0.4) is 0 Å². The number of nitrogens with zero attached hydrogens (tertiary/aromatic N) is 2. The quantitative estimate of drug-likeness (QED) is 0.186. The maximum absolute atomic E-state index is 7.53. The Bertz CT molecular complexity index is 1730. The Morgan fingerprint density at radius 3 is 2.21 bits per heavy atom. The molecule has 3 nitrogen and oxygen atoms in total. The third-order valence-electron chi connectivity index (χ3n) is 5.10. The summed E-state index contributed by atoms with van der Waals surface area (Å²) in [5.41, 5.74) is 4.79. The van der Waals surface area contributed by atoms with Crippen LogP contribution in [0.1, 0.15) is 19.4 Å². The molecule has 3 heterocycles. The monoisotopic (exact) mass is 625 g/mol. The predicted octanol–water partition coefficient (Wildman–Crippen LogP) is 7.61. The van der Waals surface area contributed by atoms with Crippen molar-refractivity contribution in [3.63, 3.8) is 0 Å². The normalized spacial score (nSPS) is 13.8. The zero-order valence-electron chi connectivity index (χ0n) is 23.9. The Hall–Kier alpha value is -3.59. The van der Waals surface area contributed by atoms with Crippen molar-refractivity contribution < 1.29 is 32.7 Å². The van der Waals surface area contributed by atoms with Crippen molar-refractivity contribution in [2.24, 2.45) is 0 Å². The second-order valence-electron chi connectivity index (χ2n) is 7.33. The maximum atomic E-state index is 7.53. The van der Waals surface area contributed by atoms with Crippen molar-refractivity contribution in [2.45, 2.75) is 13.7 Å². The standard InChI is InChI=1S/C18H12NO.C12H10N.Ir/c1-12-8-9-13-14-5-4-6-15(16-7-2-3-10-19-16)18(14)20-17(13)11-12;1-10-5-4-6-11(9-10)12-7-2-3-8-13-12;/h2-5,7-11H,1H3;2-5,7-9H,1H3;/q2*-1;/i2*1D3;. The van der Waals surface area contributed by atoms with Crippen LogP contribution in [0.2, 0.25) is 0 Å². The van der Waals surface area contributed by atoms with Crippen LogP contribution in [0.5, 0.6) is 0 Å². The smallest absolute Gasteiger partial charge is 0.121 e. The Labute approximate surface area is 221 Å². The van der Waals surface area contributed by atoms with E-state index in [-0.39, 0.29) is 25.7 Å². The van der Waals surface area contributed by atoms with Crippen LogP contribution >= 0.6 is 0 Å². The molecule has 0 saturated carbocycles. The SMILES string of the molecule is [2H]C([2H])([2H])c1cc[c-]c(-c2ccccn2)c1.[2H]C([2H])([2H])c1ccc2c(c1)oc1c(-c3ccccn3)[c-]ccc12.[Ir]. The zero-order valence-corrected chi connectivity index (χ0v) is 20.3. The van der Waals surface area contributed by atoms with Gasteiger partial charge in [-0.2, -0.15) is 0 Å². The van der Waals surface area contributed by atoms with Gasteiger partial charge in [-0.05, 0) is 42.0 Å². The molecule has 0 aliphatic carbocycles. The number of rotatable bonds is 2. The van der Waals surface area contributed by atoms with E-state index in [0.717, 1.165) is 27.7 Å². The van der Waals surface area contributed by atoms with E-state index in [0.29, 0.717) is 22.3 Å². The molecule has 0 amide bonds. The minimum Gasteiger partial charge on any atom is -0.501 e. The van der Waals surface area contributed by atoms with Crippen molar-refractivity contribution >= 4 is 21.9 Å². The summed E-state index contributed by atoms with van der Waals surface area (Å²) < 4.78 is 50.6. The topological polar surface area (TPSA) is 38.9 Å². The predicted molar refractivity (Wildman–Crippen MR) is 134 cm³/mol. The van der Waals surface area contributed by atoms with Gasteiger partial charge in [0.1, 0.15) is 5.58 Å². The summed E-state index contributed by atoms with van der Waals surface area (Å²) in [6.45, 7) is -4.23. The molecule has 0 N–H and O–H groups in total. The molecule has 0 aliphatic rings. The molecule has 169 valence electrons. The number of pyridine rings is 2. The third kappa shape index (κ3) is 4.99. The maximum Gasteiger partial charge on any atom is 0.121 e. The minimum atomic E-state index is -2.15. The van der Waals surface area contributed by atoms with Gasteiger partial charge in [-0.3, -0.25) is 0 Å². The van der Waals surface area contributed by atoms with E-state index in [1.165, 1.54) is 0 Å². The van der Waals surface area contributed by atoms with Gasteiger partial charge in [0.15, 0.2) is 0 Å². The first-order chi connectivity index (χ1) is 18.6. The van der Waals surface area contributed by atoms with Crippen molar-refractivity contribution in [1.82, 2.24) is 9.97 Å². The summed E-state index contributed by atoms with van der Waals surface area (Å²) in [5.74, 6) is 0. The number of hydrogen-bond donors (Lipinski definition) is 0. The van der Waals surface area contributed by atoms with Crippen LogP contribution < -0.4 is 0 Å². The zero-order chi connectivity index (χ0) is 27.6. The molecule has 6 aromatic rings. The van der Waals surface area contributed by atoms with Crippen molar-refractivity contribution in [2.75, 3.05) is 0 Å². The summed E-state index contributed by atoms with van der Waals surface area (Å²) in [7, 11) is 0. The Balaban J connectivity index is 0.000000192. The molecule has 0 saturated heterocycles. The third-order valence-corrected chi connectivity index (χ3v) is 5.10. The van der Waals surface area contributed by atoms with Crippen LogP contribution in [0, 0.1) is 25.8 Å². The Morgan fingerprint density at radius 2 is 1.47 bits per heavy atom. The van der Waals surface area contributed by atoms with Gasteiger partial charge >= 0.3 is 0 Å². The van der Waals surface area contributed by atoms with Crippen LogP contribution in [0.25, 0.3) is 44.5 Å². The van der Waals surface area contributed by atoms with Crippen LogP contribution in [-0.2, 0) is 20.1 Å². The molecule has 0 atom stereocenters. The molecule has 4 heteroatoms. The van der Waals surface area contributed by atoms with Crippen LogP contribution in [-0.4, -0.2) is 9.97 Å². The number of aryl methyl sites for hydroxylation is 2. The van der Waals surface area contributed by atoms with Crippen molar-refractivity contribution in [1.29, 1.82) is 0 Å². The second kappa shape index (κ2) is 10.6. The van der Waals surface area contributed by atoms with Gasteiger partial charge in [0, 0.05) is 46.1 Å². The Morgan fingerprint density at radius 1 is 0.735 bits per heavy atom. The molecule has 6 rings (SSSR count). The molecular formula is C30H22IrN2O-2. The first-order valence-electron chi connectivity index (χ1n) is 13.3. The fourth-order valence-corrected chi connectivity index (χ4v) is 3.58. The van der Waals surface area contributed by atoms with Crippen molar-refractivity contribution in [3.8, 4) is 22.5 Å². The van der Waals surface area contributed by atoms with E-state index in [1.807, 2.05) is 48.5 Å². The molecule has 3 aromatic carbocycles. The number of hydrogen-bond acceptors (Lipinski definition) is 3. The first kappa shape index (κ1) is 16.9. The number of furan rings is 1. The fraction of sp³-hybridized carbons (Fsp3) is 0.0667. The van der Waals surface area contributed by atoms with Crippen molar-refractivity contribution in [3.05, 3.63) is 121 Å². The van der Waals surface area contributed by atoms with E-state index in [9.17, 15) is 0 Å². The van der Waals surface area contributed by atoms with Crippen LogP contribution in [0.4, 0.5) is 0 Å². The summed E-state index contributed by atoms with van der Waals surface area (Å²) in [5, 5.41) is 1.82. The first-order valence-corrected chi connectivity index (χ1v) is 10.3. The average Bonchev–Trinajstić information content (AvgIpc) is 3.32.